The number of H-pyrrole nitrogens is 1. The first kappa shape index (κ1) is 15.5. The topological polar surface area (TPSA) is 107 Å². The second kappa shape index (κ2) is 6.68. The van der Waals surface area contributed by atoms with Gasteiger partial charge >= 0.3 is 0 Å². The summed E-state index contributed by atoms with van der Waals surface area (Å²) in [5, 5.41) is 29.4. The molecular weight excluding hydrogens is 294 g/mol. The minimum atomic E-state index is -0.413. The van der Waals surface area contributed by atoms with Crippen LogP contribution in [0.5, 0.6) is 11.5 Å². The Bertz CT molecular complexity index is 656. The predicted molar refractivity (Wildman–Crippen MR) is 80.0 cm³/mol. The number of aromatic nitrogens is 2. The number of amides is 1. The third-order valence-corrected chi connectivity index (χ3v) is 3.88. The Balaban J connectivity index is 2.39. The highest BCUT2D eigenvalue weighted by molar-refractivity contribution is 7.99. The SMILES string of the molecule is CCOCCSc1cc(O)c2n[nH]c(C(=O)NC)c2c1O. The summed E-state index contributed by atoms with van der Waals surface area (Å²) in [6.07, 6.45) is 0. The number of rotatable bonds is 6. The molecule has 0 aliphatic heterocycles. The number of carbonyl (C=O) groups is 1. The summed E-state index contributed by atoms with van der Waals surface area (Å²) in [6, 6.07) is 1.43. The summed E-state index contributed by atoms with van der Waals surface area (Å²) in [7, 11) is 1.48. The van der Waals surface area contributed by atoms with Gasteiger partial charge in [0.2, 0.25) is 0 Å². The van der Waals surface area contributed by atoms with E-state index < -0.39 is 5.91 Å². The Kier molecular flexibility index (Phi) is 4.92. The van der Waals surface area contributed by atoms with Crippen molar-refractivity contribution in [3.05, 3.63) is 11.8 Å². The molecule has 0 atom stereocenters. The lowest BCUT2D eigenvalue weighted by Crippen LogP contribution is -2.18. The molecule has 1 amide bonds. The zero-order valence-corrected chi connectivity index (χ0v) is 12.6. The third-order valence-electron chi connectivity index (χ3n) is 2.89. The fourth-order valence-corrected chi connectivity index (χ4v) is 2.75. The van der Waals surface area contributed by atoms with Crippen molar-refractivity contribution in [2.75, 3.05) is 26.0 Å². The molecular formula is C13H17N3O4S. The van der Waals surface area contributed by atoms with Crippen LogP contribution in [0.2, 0.25) is 0 Å². The van der Waals surface area contributed by atoms with Gasteiger partial charge in [-0.25, -0.2) is 0 Å². The highest BCUT2D eigenvalue weighted by atomic mass is 32.2. The van der Waals surface area contributed by atoms with Gasteiger partial charge in [0, 0.05) is 19.4 Å². The average molecular weight is 311 g/mol. The van der Waals surface area contributed by atoms with Crippen molar-refractivity contribution in [2.24, 2.45) is 0 Å². The van der Waals surface area contributed by atoms with Crippen LogP contribution in [0.15, 0.2) is 11.0 Å². The van der Waals surface area contributed by atoms with E-state index in [1.807, 2.05) is 6.92 Å². The van der Waals surface area contributed by atoms with E-state index in [1.54, 1.807) is 0 Å². The fourth-order valence-electron chi connectivity index (χ4n) is 1.90. The van der Waals surface area contributed by atoms with E-state index in [0.29, 0.717) is 23.9 Å². The summed E-state index contributed by atoms with van der Waals surface area (Å²) in [4.78, 5) is 12.2. The van der Waals surface area contributed by atoms with Gasteiger partial charge in [-0.3, -0.25) is 9.89 Å². The van der Waals surface area contributed by atoms with E-state index in [2.05, 4.69) is 15.5 Å². The lowest BCUT2D eigenvalue weighted by molar-refractivity contribution is 0.0959. The van der Waals surface area contributed by atoms with Crippen molar-refractivity contribution in [3.63, 3.8) is 0 Å². The van der Waals surface area contributed by atoms with E-state index >= 15 is 0 Å². The first-order valence-corrected chi connectivity index (χ1v) is 7.44. The minimum absolute atomic E-state index is 0.0725. The Morgan fingerprint density at radius 2 is 2.29 bits per heavy atom. The van der Waals surface area contributed by atoms with Crippen LogP contribution in [-0.4, -0.2) is 52.3 Å². The van der Waals surface area contributed by atoms with Crippen LogP contribution in [-0.2, 0) is 4.74 Å². The first-order chi connectivity index (χ1) is 10.1. The summed E-state index contributed by atoms with van der Waals surface area (Å²) in [5.74, 6) is 0.0490. The summed E-state index contributed by atoms with van der Waals surface area (Å²) in [6.45, 7) is 3.06. The molecule has 0 spiro atoms. The molecule has 0 saturated carbocycles. The second-order valence-electron chi connectivity index (χ2n) is 4.19. The zero-order chi connectivity index (χ0) is 15.4. The van der Waals surface area contributed by atoms with Crippen LogP contribution in [0.1, 0.15) is 17.4 Å². The molecule has 1 heterocycles. The molecule has 0 unspecified atom stereocenters. The molecule has 7 nitrogen and oxygen atoms in total. The molecule has 8 heteroatoms. The normalized spacial score (nSPS) is 11.0. The summed E-state index contributed by atoms with van der Waals surface area (Å²) >= 11 is 1.34. The molecule has 4 N–H and O–H groups in total. The number of fused-ring (bicyclic) bond motifs is 1. The number of hydrogen-bond donors (Lipinski definition) is 4. The van der Waals surface area contributed by atoms with Gasteiger partial charge in [0.05, 0.1) is 16.9 Å². The van der Waals surface area contributed by atoms with E-state index in [9.17, 15) is 15.0 Å². The molecule has 0 saturated heterocycles. The van der Waals surface area contributed by atoms with E-state index in [1.165, 1.54) is 24.9 Å². The maximum absolute atomic E-state index is 11.8. The standard InChI is InChI=1S/C13H17N3O4S/c1-3-20-4-5-21-8-6-7(17)10-9(12(8)18)11(16-15-10)13(19)14-2/h6,17-18H,3-5H2,1-2H3,(H,14,19)(H,15,16). The van der Waals surface area contributed by atoms with Gasteiger partial charge in [-0.1, -0.05) is 0 Å². The molecule has 0 bridgehead atoms. The van der Waals surface area contributed by atoms with Crippen molar-refractivity contribution in [1.82, 2.24) is 15.5 Å². The van der Waals surface area contributed by atoms with E-state index in [0.717, 1.165) is 0 Å². The molecule has 1 aromatic carbocycles. The number of phenols is 2. The minimum Gasteiger partial charge on any atom is -0.506 e. The number of thioether (sulfide) groups is 1. The quantitative estimate of drug-likeness (QED) is 0.365. The van der Waals surface area contributed by atoms with Gasteiger partial charge in [-0.2, -0.15) is 5.10 Å². The Labute approximate surface area is 125 Å². The number of nitrogens with zero attached hydrogens (tertiary/aromatic N) is 1. The van der Waals surface area contributed by atoms with Gasteiger partial charge < -0.3 is 20.3 Å². The lowest BCUT2D eigenvalue weighted by atomic mass is 10.1. The lowest BCUT2D eigenvalue weighted by Gasteiger charge is -2.07. The summed E-state index contributed by atoms with van der Waals surface area (Å²) in [5.41, 5.74) is 0.285. The van der Waals surface area contributed by atoms with Crippen molar-refractivity contribution in [3.8, 4) is 11.5 Å². The molecule has 0 aliphatic carbocycles. The first-order valence-electron chi connectivity index (χ1n) is 6.45. The Hall–Kier alpha value is -1.93. The highest BCUT2D eigenvalue weighted by Crippen LogP contribution is 2.40. The number of hydrogen-bond acceptors (Lipinski definition) is 6. The number of aromatic amines is 1. The maximum Gasteiger partial charge on any atom is 0.269 e. The van der Waals surface area contributed by atoms with E-state index in [4.69, 9.17) is 4.74 Å². The average Bonchev–Trinajstić information content (AvgIpc) is 2.93. The fraction of sp³-hybridized carbons (Fsp3) is 0.385. The van der Waals surface area contributed by atoms with Crippen LogP contribution in [0, 0.1) is 0 Å². The molecule has 2 rings (SSSR count). The smallest absolute Gasteiger partial charge is 0.269 e. The monoisotopic (exact) mass is 311 g/mol. The number of carbonyl (C=O) groups excluding carboxylic acids is 1. The van der Waals surface area contributed by atoms with Crippen molar-refractivity contribution < 1.29 is 19.7 Å². The van der Waals surface area contributed by atoms with E-state index in [-0.39, 0.29) is 28.1 Å². The number of nitrogens with one attached hydrogen (secondary N) is 2. The molecule has 21 heavy (non-hydrogen) atoms. The molecule has 114 valence electrons. The number of aromatic hydroxyl groups is 2. The van der Waals surface area contributed by atoms with Crippen molar-refractivity contribution in [2.45, 2.75) is 11.8 Å². The highest BCUT2D eigenvalue weighted by Gasteiger charge is 2.21. The summed E-state index contributed by atoms with van der Waals surface area (Å²) < 4.78 is 5.23. The largest absolute Gasteiger partial charge is 0.506 e. The van der Waals surface area contributed by atoms with Crippen LogP contribution < -0.4 is 5.32 Å². The van der Waals surface area contributed by atoms with Crippen LogP contribution in [0.25, 0.3) is 10.9 Å². The molecule has 0 fully saturated rings. The number of phenolic OH excluding ortho intramolecular Hbond substituents is 2. The molecule has 0 radical (unpaired) electrons. The van der Waals surface area contributed by atoms with Crippen molar-refractivity contribution >= 4 is 28.6 Å². The molecule has 0 aliphatic rings. The number of ether oxygens (including phenoxy) is 1. The van der Waals surface area contributed by atoms with Crippen molar-refractivity contribution in [1.29, 1.82) is 0 Å². The Morgan fingerprint density at radius 1 is 1.52 bits per heavy atom. The second-order valence-corrected chi connectivity index (χ2v) is 5.33. The molecule has 2 aromatic rings. The maximum atomic E-state index is 11.8. The Morgan fingerprint density at radius 3 is 2.95 bits per heavy atom. The zero-order valence-electron chi connectivity index (χ0n) is 11.8. The van der Waals surface area contributed by atoms with Gasteiger partial charge in [0.15, 0.2) is 0 Å². The van der Waals surface area contributed by atoms with Gasteiger partial charge in [0.1, 0.15) is 22.7 Å². The third kappa shape index (κ3) is 3.06. The van der Waals surface area contributed by atoms with Crippen LogP contribution in [0.4, 0.5) is 0 Å². The van der Waals surface area contributed by atoms with Crippen LogP contribution in [0.3, 0.4) is 0 Å². The van der Waals surface area contributed by atoms with Gasteiger partial charge in [0.25, 0.3) is 5.91 Å². The number of benzene rings is 1. The molecule has 1 aromatic heterocycles. The van der Waals surface area contributed by atoms with Gasteiger partial charge in [-0.15, -0.1) is 11.8 Å². The predicted octanol–water partition coefficient (Wildman–Crippen LogP) is 1.46. The van der Waals surface area contributed by atoms with Gasteiger partial charge in [-0.05, 0) is 13.0 Å². The van der Waals surface area contributed by atoms with Crippen LogP contribution >= 0.6 is 11.8 Å².